The average molecular weight is 305 g/mol. The van der Waals surface area contributed by atoms with Crippen molar-refractivity contribution in [2.24, 2.45) is 11.8 Å². The normalized spacial score (nSPS) is 25.6. The number of halogens is 3. The molecule has 3 atom stereocenters. The molecule has 1 saturated carbocycles. The Labute approximate surface area is 122 Å². The number of rotatable bonds is 5. The summed E-state index contributed by atoms with van der Waals surface area (Å²) in [6.45, 7) is 2.94. The summed E-state index contributed by atoms with van der Waals surface area (Å²) in [7, 11) is 0. The van der Waals surface area contributed by atoms with Gasteiger partial charge in [-0.25, -0.2) is 0 Å². The van der Waals surface area contributed by atoms with Crippen molar-refractivity contribution in [1.29, 1.82) is 0 Å². The zero-order valence-electron chi connectivity index (χ0n) is 11.7. The van der Waals surface area contributed by atoms with Gasteiger partial charge in [-0.05, 0) is 49.6 Å². The van der Waals surface area contributed by atoms with Gasteiger partial charge in [-0.1, -0.05) is 19.4 Å². The minimum atomic E-state index is -4.04. The summed E-state index contributed by atoms with van der Waals surface area (Å²) in [6, 6.07) is 4.10. The van der Waals surface area contributed by atoms with Crippen molar-refractivity contribution in [2.75, 3.05) is 6.54 Å². The maximum absolute atomic E-state index is 13.0. The van der Waals surface area contributed by atoms with E-state index >= 15 is 0 Å². The Hall–Kier alpha value is -0.550. The first-order valence-electron chi connectivity index (χ1n) is 7.36. The molecule has 0 amide bonds. The second-order valence-electron chi connectivity index (χ2n) is 5.61. The number of thiophene rings is 1. The van der Waals surface area contributed by atoms with Crippen LogP contribution >= 0.6 is 11.3 Å². The fourth-order valence-corrected chi connectivity index (χ4v) is 3.99. The molecule has 1 aromatic rings. The molecule has 114 valence electrons. The molecule has 2 rings (SSSR count). The fraction of sp³-hybridized carbons (Fsp3) is 0.733. The van der Waals surface area contributed by atoms with Crippen molar-refractivity contribution in [3.63, 3.8) is 0 Å². The molecule has 1 nitrogen and oxygen atoms in total. The van der Waals surface area contributed by atoms with Crippen molar-refractivity contribution in [2.45, 2.75) is 51.2 Å². The lowest BCUT2D eigenvalue weighted by Gasteiger charge is -2.35. The third-order valence-electron chi connectivity index (χ3n) is 4.11. The number of alkyl halides is 3. The summed E-state index contributed by atoms with van der Waals surface area (Å²) in [5.74, 6) is -1.02. The van der Waals surface area contributed by atoms with Crippen LogP contribution in [0.5, 0.6) is 0 Å². The molecule has 1 fully saturated rings. The predicted molar refractivity (Wildman–Crippen MR) is 76.9 cm³/mol. The summed E-state index contributed by atoms with van der Waals surface area (Å²) in [4.78, 5) is 1.17. The van der Waals surface area contributed by atoms with Gasteiger partial charge in [0, 0.05) is 10.9 Å². The quantitative estimate of drug-likeness (QED) is 0.792. The molecule has 0 bridgehead atoms. The standard InChI is InChI=1S/C15H22F3NS/c1-2-8-19-14(13-7-4-9-20-13)11-5-3-6-12(10-11)15(16,17)18/h4,7,9,11-12,14,19H,2-3,5-6,8,10H2,1H3. The minimum absolute atomic E-state index is 0.0834. The highest BCUT2D eigenvalue weighted by Gasteiger charge is 2.43. The first kappa shape index (κ1) is 15.8. The zero-order valence-corrected chi connectivity index (χ0v) is 12.6. The van der Waals surface area contributed by atoms with Gasteiger partial charge < -0.3 is 5.32 Å². The van der Waals surface area contributed by atoms with E-state index in [-0.39, 0.29) is 18.4 Å². The van der Waals surface area contributed by atoms with E-state index in [4.69, 9.17) is 0 Å². The van der Waals surface area contributed by atoms with Crippen molar-refractivity contribution in [3.8, 4) is 0 Å². The van der Waals surface area contributed by atoms with Crippen LogP contribution in [0.25, 0.3) is 0 Å². The molecule has 0 spiro atoms. The molecule has 3 unspecified atom stereocenters. The summed E-state index contributed by atoms with van der Waals surface area (Å²) in [6.07, 6.45) is -0.898. The van der Waals surface area contributed by atoms with Gasteiger partial charge in [0.2, 0.25) is 0 Å². The summed E-state index contributed by atoms with van der Waals surface area (Å²) >= 11 is 1.64. The smallest absolute Gasteiger partial charge is 0.309 e. The van der Waals surface area contributed by atoms with Gasteiger partial charge >= 0.3 is 6.18 Å². The molecule has 1 aromatic heterocycles. The van der Waals surface area contributed by atoms with Crippen LogP contribution in [-0.2, 0) is 0 Å². The number of hydrogen-bond donors (Lipinski definition) is 1. The topological polar surface area (TPSA) is 12.0 Å². The van der Waals surface area contributed by atoms with Gasteiger partial charge in [0.15, 0.2) is 0 Å². The van der Waals surface area contributed by atoms with E-state index in [0.717, 1.165) is 19.4 Å². The number of nitrogens with one attached hydrogen (secondary N) is 1. The Bertz CT molecular complexity index is 388. The second-order valence-corrected chi connectivity index (χ2v) is 6.59. The van der Waals surface area contributed by atoms with Crippen molar-refractivity contribution in [1.82, 2.24) is 5.32 Å². The maximum Gasteiger partial charge on any atom is 0.391 e. The van der Waals surface area contributed by atoms with Crippen LogP contribution in [-0.4, -0.2) is 12.7 Å². The highest BCUT2D eigenvalue weighted by atomic mass is 32.1. The van der Waals surface area contributed by atoms with E-state index in [2.05, 4.69) is 12.2 Å². The van der Waals surface area contributed by atoms with Crippen LogP contribution in [0.2, 0.25) is 0 Å². The highest BCUT2D eigenvalue weighted by molar-refractivity contribution is 7.10. The number of hydrogen-bond acceptors (Lipinski definition) is 2. The predicted octanol–water partition coefficient (Wildman–Crippen LogP) is 5.16. The van der Waals surface area contributed by atoms with Crippen LogP contribution in [0, 0.1) is 11.8 Å². The van der Waals surface area contributed by atoms with E-state index in [1.54, 1.807) is 11.3 Å². The van der Waals surface area contributed by atoms with Crippen molar-refractivity contribution >= 4 is 11.3 Å². The third-order valence-corrected chi connectivity index (χ3v) is 5.07. The van der Waals surface area contributed by atoms with Gasteiger partial charge in [0.25, 0.3) is 0 Å². The molecule has 0 aliphatic heterocycles. The molecular weight excluding hydrogens is 283 g/mol. The van der Waals surface area contributed by atoms with Crippen molar-refractivity contribution < 1.29 is 13.2 Å². The highest BCUT2D eigenvalue weighted by Crippen LogP contribution is 2.44. The van der Waals surface area contributed by atoms with Crippen LogP contribution in [0.3, 0.4) is 0 Å². The van der Waals surface area contributed by atoms with E-state index in [1.807, 2.05) is 17.5 Å². The van der Waals surface area contributed by atoms with Gasteiger partial charge in [0.1, 0.15) is 0 Å². The SMILES string of the molecule is CCCNC(c1cccs1)C1CCCC(C(F)(F)F)C1. The molecule has 1 heterocycles. The molecule has 0 radical (unpaired) electrons. The van der Waals surface area contributed by atoms with E-state index in [0.29, 0.717) is 12.8 Å². The van der Waals surface area contributed by atoms with E-state index in [9.17, 15) is 13.2 Å². The maximum atomic E-state index is 13.0. The van der Waals surface area contributed by atoms with E-state index < -0.39 is 12.1 Å². The zero-order chi connectivity index (χ0) is 14.6. The first-order valence-corrected chi connectivity index (χ1v) is 8.23. The van der Waals surface area contributed by atoms with Crippen molar-refractivity contribution in [3.05, 3.63) is 22.4 Å². The summed E-state index contributed by atoms with van der Waals surface area (Å²) < 4.78 is 38.9. The summed E-state index contributed by atoms with van der Waals surface area (Å²) in [5, 5.41) is 5.46. The Balaban J connectivity index is 2.08. The first-order chi connectivity index (χ1) is 9.52. The van der Waals surface area contributed by atoms with Crippen LogP contribution in [0.15, 0.2) is 17.5 Å². The molecule has 1 aliphatic carbocycles. The van der Waals surface area contributed by atoms with Gasteiger partial charge in [-0.15, -0.1) is 11.3 Å². The molecule has 0 aromatic carbocycles. The minimum Gasteiger partial charge on any atom is -0.309 e. The van der Waals surface area contributed by atoms with E-state index in [1.165, 1.54) is 4.88 Å². The largest absolute Gasteiger partial charge is 0.391 e. The molecule has 1 N–H and O–H groups in total. The molecule has 20 heavy (non-hydrogen) atoms. The lowest BCUT2D eigenvalue weighted by atomic mass is 9.77. The molecular formula is C15H22F3NS. The monoisotopic (exact) mass is 305 g/mol. The Morgan fingerprint density at radius 1 is 1.40 bits per heavy atom. The van der Waals surface area contributed by atoms with Gasteiger partial charge in [0.05, 0.1) is 5.92 Å². The molecule has 5 heteroatoms. The Morgan fingerprint density at radius 3 is 2.80 bits per heavy atom. The third kappa shape index (κ3) is 3.98. The lowest BCUT2D eigenvalue weighted by Crippen LogP contribution is -2.35. The molecule has 0 saturated heterocycles. The van der Waals surface area contributed by atoms with Crippen LogP contribution < -0.4 is 5.32 Å². The van der Waals surface area contributed by atoms with Crippen LogP contribution in [0.1, 0.15) is 49.9 Å². The van der Waals surface area contributed by atoms with Gasteiger partial charge in [-0.3, -0.25) is 0 Å². The summed E-state index contributed by atoms with van der Waals surface area (Å²) in [5.41, 5.74) is 0. The Morgan fingerprint density at radius 2 is 2.20 bits per heavy atom. The van der Waals surface area contributed by atoms with Gasteiger partial charge in [-0.2, -0.15) is 13.2 Å². The fourth-order valence-electron chi connectivity index (χ4n) is 3.10. The lowest BCUT2D eigenvalue weighted by molar-refractivity contribution is -0.186. The molecule has 1 aliphatic rings. The average Bonchev–Trinajstić information content (AvgIpc) is 2.92. The second kappa shape index (κ2) is 6.94. The Kier molecular flexibility index (Phi) is 5.49. The van der Waals surface area contributed by atoms with Crippen LogP contribution in [0.4, 0.5) is 13.2 Å².